The summed E-state index contributed by atoms with van der Waals surface area (Å²) in [6, 6.07) is 16.6. The van der Waals surface area contributed by atoms with E-state index in [1.54, 1.807) is 60.7 Å². The number of hydrogen-bond acceptors (Lipinski definition) is 2. The van der Waals surface area contributed by atoms with Crippen molar-refractivity contribution in [2.75, 3.05) is 0 Å². The summed E-state index contributed by atoms with van der Waals surface area (Å²) >= 11 is 0. The van der Waals surface area contributed by atoms with Gasteiger partial charge in [-0.25, -0.2) is 4.39 Å². The standard InChI is InChI=1S/C16H16FNO2/c1-16(17,13-10-6-3-7-11-13)15(20)18-14(19)12-8-4-2-5-9-12/h2-11,15,20H,1H3,(H,18,19)/t15-,16+/m0/s1. The molecule has 0 aliphatic carbocycles. The van der Waals surface area contributed by atoms with E-state index >= 15 is 0 Å². The minimum atomic E-state index is -2.06. The maximum Gasteiger partial charge on any atom is 0.253 e. The molecule has 3 nitrogen and oxygen atoms in total. The Morgan fingerprint density at radius 3 is 2.15 bits per heavy atom. The van der Waals surface area contributed by atoms with E-state index in [4.69, 9.17) is 0 Å². The third-order valence-electron chi connectivity index (χ3n) is 3.16. The van der Waals surface area contributed by atoms with Crippen LogP contribution in [-0.2, 0) is 5.67 Å². The van der Waals surface area contributed by atoms with Crippen LogP contribution in [0, 0.1) is 0 Å². The number of alkyl halides is 1. The molecule has 0 aromatic heterocycles. The van der Waals surface area contributed by atoms with Crippen molar-refractivity contribution in [1.82, 2.24) is 5.32 Å². The summed E-state index contributed by atoms with van der Waals surface area (Å²) in [5.41, 5.74) is -1.39. The average Bonchev–Trinajstić information content (AvgIpc) is 2.49. The molecule has 0 saturated carbocycles. The van der Waals surface area contributed by atoms with Gasteiger partial charge in [-0.2, -0.15) is 0 Å². The molecule has 0 aliphatic heterocycles. The van der Waals surface area contributed by atoms with Gasteiger partial charge >= 0.3 is 0 Å². The van der Waals surface area contributed by atoms with Gasteiger partial charge in [0.15, 0.2) is 11.9 Å². The van der Waals surface area contributed by atoms with E-state index in [0.29, 0.717) is 11.1 Å². The molecule has 0 fully saturated rings. The fourth-order valence-electron chi connectivity index (χ4n) is 1.85. The summed E-state index contributed by atoms with van der Waals surface area (Å²) in [4.78, 5) is 11.9. The van der Waals surface area contributed by atoms with Crippen molar-refractivity contribution in [2.45, 2.75) is 18.8 Å². The largest absolute Gasteiger partial charge is 0.370 e. The van der Waals surface area contributed by atoms with E-state index in [9.17, 15) is 14.3 Å². The number of benzene rings is 2. The van der Waals surface area contributed by atoms with Crippen molar-refractivity contribution >= 4 is 5.91 Å². The van der Waals surface area contributed by atoms with Gasteiger partial charge in [-0.1, -0.05) is 48.5 Å². The lowest BCUT2D eigenvalue weighted by Gasteiger charge is -2.27. The number of aliphatic hydroxyl groups is 1. The van der Waals surface area contributed by atoms with E-state index in [1.165, 1.54) is 6.92 Å². The predicted molar refractivity (Wildman–Crippen MR) is 74.8 cm³/mol. The van der Waals surface area contributed by atoms with Crippen LogP contribution in [0.15, 0.2) is 60.7 Å². The number of aliphatic hydroxyl groups excluding tert-OH is 1. The molecule has 0 unspecified atom stereocenters. The molecule has 4 heteroatoms. The third kappa shape index (κ3) is 3.03. The molecule has 20 heavy (non-hydrogen) atoms. The van der Waals surface area contributed by atoms with Crippen LogP contribution >= 0.6 is 0 Å². The Bertz CT molecular complexity index is 570. The zero-order valence-corrected chi connectivity index (χ0v) is 11.1. The number of nitrogens with one attached hydrogen (secondary N) is 1. The third-order valence-corrected chi connectivity index (χ3v) is 3.16. The maximum atomic E-state index is 14.6. The minimum Gasteiger partial charge on any atom is -0.370 e. The van der Waals surface area contributed by atoms with Crippen LogP contribution in [0.2, 0.25) is 0 Å². The van der Waals surface area contributed by atoms with Crippen molar-refractivity contribution in [3.8, 4) is 0 Å². The maximum absolute atomic E-state index is 14.6. The first-order valence-electron chi connectivity index (χ1n) is 6.30. The summed E-state index contributed by atoms with van der Waals surface area (Å²) in [6.45, 7) is 1.23. The van der Waals surface area contributed by atoms with Crippen LogP contribution < -0.4 is 5.32 Å². The van der Waals surface area contributed by atoms with Gasteiger partial charge in [0.1, 0.15) is 0 Å². The zero-order valence-electron chi connectivity index (χ0n) is 11.1. The van der Waals surface area contributed by atoms with E-state index in [2.05, 4.69) is 5.32 Å². The molecule has 2 atom stereocenters. The number of hydrogen-bond donors (Lipinski definition) is 2. The van der Waals surface area contributed by atoms with E-state index < -0.39 is 17.8 Å². The second-order valence-corrected chi connectivity index (χ2v) is 4.68. The molecule has 2 N–H and O–H groups in total. The van der Waals surface area contributed by atoms with Crippen molar-refractivity contribution in [2.24, 2.45) is 0 Å². The fraction of sp³-hybridized carbons (Fsp3) is 0.188. The summed E-state index contributed by atoms with van der Waals surface area (Å²) < 4.78 is 14.6. The van der Waals surface area contributed by atoms with Gasteiger partial charge in [-0.05, 0) is 24.6 Å². The smallest absolute Gasteiger partial charge is 0.253 e. The highest BCUT2D eigenvalue weighted by Gasteiger charge is 2.36. The van der Waals surface area contributed by atoms with Gasteiger partial charge in [-0.3, -0.25) is 4.79 Å². The predicted octanol–water partition coefficient (Wildman–Crippen LogP) is 2.62. The van der Waals surface area contributed by atoms with Crippen LogP contribution in [0.1, 0.15) is 22.8 Å². The molecular weight excluding hydrogens is 257 g/mol. The Kier molecular flexibility index (Phi) is 4.15. The highest BCUT2D eigenvalue weighted by Crippen LogP contribution is 2.28. The van der Waals surface area contributed by atoms with Crippen LogP contribution in [-0.4, -0.2) is 17.2 Å². The summed E-state index contributed by atoms with van der Waals surface area (Å²) in [5.74, 6) is -0.516. The molecule has 1 amide bonds. The molecule has 0 aliphatic rings. The molecule has 2 aromatic carbocycles. The first-order valence-corrected chi connectivity index (χ1v) is 6.30. The Hall–Kier alpha value is -2.20. The van der Waals surface area contributed by atoms with Crippen LogP contribution in [0.25, 0.3) is 0 Å². The average molecular weight is 273 g/mol. The van der Waals surface area contributed by atoms with Gasteiger partial charge in [0.05, 0.1) is 0 Å². The quantitative estimate of drug-likeness (QED) is 0.841. The minimum absolute atomic E-state index is 0.306. The van der Waals surface area contributed by atoms with Crippen molar-refractivity contribution < 1.29 is 14.3 Å². The Morgan fingerprint density at radius 1 is 1.10 bits per heavy atom. The normalized spacial score (nSPS) is 15.2. The van der Waals surface area contributed by atoms with Crippen LogP contribution in [0.4, 0.5) is 4.39 Å². The summed E-state index contributed by atoms with van der Waals surface area (Å²) in [6.07, 6.45) is -1.63. The number of amides is 1. The van der Waals surface area contributed by atoms with Crippen molar-refractivity contribution in [3.05, 3.63) is 71.8 Å². The molecule has 0 spiro atoms. The summed E-state index contributed by atoms with van der Waals surface area (Å²) in [7, 11) is 0. The van der Waals surface area contributed by atoms with Gasteiger partial charge in [0, 0.05) is 5.56 Å². The number of rotatable bonds is 4. The Morgan fingerprint density at radius 2 is 1.60 bits per heavy atom. The molecular formula is C16H16FNO2. The van der Waals surface area contributed by atoms with Crippen LogP contribution in [0.3, 0.4) is 0 Å². The van der Waals surface area contributed by atoms with Crippen LogP contribution in [0.5, 0.6) is 0 Å². The molecule has 0 bridgehead atoms. The van der Waals surface area contributed by atoms with Crippen molar-refractivity contribution in [3.63, 3.8) is 0 Å². The molecule has 0 heterocycles. The second-order valence-electron chi connectivity index (χ2n) is 4.68. The molecule has 2 rings (SSSR count). The Balaban J connectivity index is 2.12. The fourth-order valence-corrected chi connectivity index (χ4v) is 1.85. The lowest BCUT2D eigenvalue weighted by atomic mass is 9.96. The van der Waals surface area contributed by atoms with E-state index in [1.807, 2.05) is 0 Å². The molecule has 0 saturated heterocycles. The number of carbonyl (C=O) groups excluding carboxylic acids is 1. The monoisotopic (exact) mass is 273 g/mol. The first-order chi connectivity index (χ1) is 9.51. The second kappa shape index (κ2) is 5.84. The Labute approximate surface area is 117 Å². The van der Waals surface area contributed by atoms with E-state index in [0.717, 1.165) is 0 Å². The highest BCUT2D eigenvalue weighted by atomic mass is 19.1. The summed E-state index contributed by atoms with van der Waals surface area (Å²) in [5, 5.41) is 12.2. The molecule has 104 valence electrons. The number of halogens is 1. The van der Waals surface area contributed by atoms with Crippen molar-refractivity contribution in [1.29, 1.82) is 0 Å². The zero-order chi connectivity index (χ0) is 14.6. The van der Waals surface area contributed by atoms with E-state index in [-0.39, 0.29) is 0 Å². The SMILES string of the molecule is C[C@@](F)(c1ccccc1)[C@H](O)NC(=O)c1ccccc1. The topological polar surface area (TPSA) is 49.3 Å². The molecule has 0 radical (unpaired) electrons. The number of carbonyl (C=O) groups is 1. The van der Waals surface area contributed by atoms with Gasteiger partial charge < -0.3 is 10.4 Å². The highest BCUT2D eigenvalue weighted by molar-refractivity contribution is 5.94. The van der Waals surface area contributed by atoms with Gasteiger partial charge in [0.25, 0.3) is 5.91 Å². The lowest BCUT2D eigenvalue weighted by Crippen LogP contribution is -2.46. The van der Waals surface area contributed by atoms with Gasteiger partial charge in [0.2, 0.25) is 0 Å². The lowest BCUT2D eigenvalue weighted by molar-refractivity contribution is -0.0181. The first kappa shape index (κ1) is 14.2. The van der Waals surface area contributed by atoms with Gasteiger partial charge in [-0.15, -0.1) is 0 Å². The molecule has 2 aromatic rings.